The lowest BCUT2D eigenvalue weighted by Crippen LogP contribution is -2.55. The highest BCUT2D eigenvalue weighted by atomic mass is 79.9. The van der Waals surface area contributed by atoms with Crippen molar-refractivity contribution in [2.75, 3.05) is 24.5 Å². The molecule has 18 heavy (non-hydrogen) atoms. The van der Waals surface area contributed by atoms with Crippen LogP contribution in [-0.2, 0) is 0 Å². The van der Waals surface area contributed by atoms with Crippen LogP contribution >= 0.6 is 31.9 Å². The maximum atomic E-state index is 3.69. The molecule has 2 fully saturated rings. The molecule has 0 bridgehead atoms. The molecule has 2 unspecified atom stereocenters. The topological polar surface area (TPSA) is 6.48 Å². The van der Waals surface area contributed by atoms with Crippen LogP contribution in [0.4, 0.5) is 5.69 Å². The molecule has 2 nitrogen and oxygen atoms in total. The van der Waals surface area contributed by atoms with E-state index in [1.54, 1.807) is 0 Å². The summed E-state index contributed by atoms with van der Waals surface area (Å²) in [7, 11) is 0. The van der Waals surface area contributed by atoms with Gasteiger partial charge >= 0.3 is 0 Å². The van der Waals surface area contributed by atoms with Gasteiger partial charge in [0.2, 0.25) is 0 Å². The summed E-state index contributed by atoms with van der Waals surface area (Å²) in [6.45, 7) is 5.99. The third-order valence-corrected chi connectivity index (χ3v) is 5.32. The van der Waals surface area contributed by atoms with E-state index in [1.807, 2.05) is 0 Å². The van der Waals surface area contributed by atoms with Crippen molar-refractivity contribution in [2.24, 2.45) is 0 Å². The monoisotopic (exact) mass is 372 g/mol. The quantitative estimate of drug-likeness (QED) is 0.736. The molecule has 0 radical (unpaired) electrons. The van der Waals surface area contributed by atoms with Crippen LogP contribution in [0.1, 0.15) is 19.8 Å². The van der Waals surface area contributed by atoms with Gasteiger partial charge in [-0.1, -0.05) is 15.9 Å². The van der Waals surface area contributed by atoms with Crippen LogP contribution in [0.15, 0.2) is 27.1 Å². The molecule has 0 amide bonds. The number of rotatable bonds is 1. The fraction of sp³-hybridized carbons (Fsp3) is 0.571. The second-order valence-corrected chi connectivity index (χ2v) is 7.16. The van der Waals surface area contributed by atoms with E-state index in [0.29, 0.717) is 6.04 Å². The lowest BCUT2D eigenvalue weighted by atomic mass is 10.1. The number of anilines is 1. The molecule has 0 spiro atoms. The fourth-order valence-electron chi connectivity index (χ4n) is 3.23. The van der Waals surface area contributed by atoms with Gasteiger partial charge in [-0.3, -0.25) is 4.90 Å². The summed E-state index contributed by atoms with van der Waals surface area (Å²) >= 11 is 7.27. The van der Waals surface area contributed by atoms with Gasteiger partial charge in [-0.2, -0.15) is 0 Å². The van der Waals surface area contributed by atoms with Gasteiger partial charge in [0.15, 0.2) is 0 Å². The second-order valence-electron chi connectivity index (χ2n) is 5.39. The molecule has 2 aliphatic heterocycles. The van der Waals surface area contributed by atoms with Gasteiger partial charge < -0.3 is 4.90 Å². The van der Waals surface area contributed by atoms with Crippen LogP contribution in [0.5, 0.6) is 0 Å². The average molecular weight is 374 g/mol. The minimum atomic E-state index is 0.588. The molecule has 3 rings (SSSR count). The molecule has 2 aliphatic rings. The van der Waals surface area contributed by atoms with Crippen LogP contribution in [0.3, 0.4) is 0 Å². The first-order valence-electron chi connectivity index (χ1n) is 6.61. The summed E-state index contributed by atoms with van der Waals surface area (Å²) in [4.78, 5) is 5.22. The van der Waals surface area contributed by atoms with Crippen LogP contribution in [-0.4, -0.2) is 36.6 Å². The molecule has 0 N–H and O–H groups in total. The van der Waals surface area contributed by atoms with Crippen LogP contribution in [0.25, 0.3) is 0 Å². The van der Waals surface area contributed by atoms with Crippen molar-refractivity contribution in [3.63, 3.8) is 0 Å². The van der Waals surface area contributed by atoms with Gasteiger partial charge in [0, 0.05) is 34.1 Å². The molecule has 0 aromatic heterocycles. The highest BCUT2D eigenvalue weighted by molar-refractivity contribution is 9.11. The van der Waals surface area contributed by atoms with Crippen molar-refractivity contribution in [1.82, 2.24) is 4.90 Å². The normalized spacial score (nSPS) is 28.5. The summed E-state index contributed by atoms with van der Waals surface area (Å²) in [5.74, 6) is 0. The van der Waals surface area contributed by atoms with E-state index in [1.165, 1.54) is 36.1 Å². The Bertz CT molecular complexity index is 449. The Morgan fingerprint density at radius 1 is 1.22 bits per heavy atom. The van der Waals surface area contributed by atoms with E-state index in [9.17, 15) is 0 Å². The molecule has 0 saturated carbocycles. The van der Waals surface area contributed by atoms with Gasteiger partial charge in [-0.15, -0.1) is 0 Å². The first-order chi connectivity index (χ1) is 8.65. The third-order valence-electron chi connectivity index (χ3n) is 4.15. The van der Waals surface area contributed by atoms with Gasteiger partial charge in [-0.25, -0.2) is 0 Å². The molecule has 2 saturated heterocycles. The summed E-state index contributed by atoms with van der Waals surface area (Å²) < 4.78 is 2.35. The molecule has 0 aliphatic carbocycles. The maximum absolute atomic E-state index is 3.69. The summed E-state index contributed by atoms with van der Waals surface area (Å²) in [6.07, 6.45) is 2.72. The van der Waals surface area contributed by atoms with E-state index in [-0.39, 0.29) is 0 Å². The largest absolute Gasteiger partial charge is 0.365 e. The summed E-state index contributed by atoms with van der Waals surface area (Å²) in [6, 6.07) is 7.79. The Hall–Kier alpha value is -0.0600. The standard InChI is InChI=1S/C14H18Br2N2/c1-10-8-17-6-2-3-12(17)9-18(10)14-7-11(15)4-5-13(14)16/h4-5,7,10,12H,2-3,6,8-9H2,1H3. The van der Waals surface area contributed by atoms with Gasteiger partial charge in [0.05, 0.1) is 5.69 Å². The van der Waals surface area contributed by atoms with Crippen molar-refractivity contribution in [2.45, 2.75) is 31.8 Å². The highest BCUT2D eigenvalue weighted by Gasteiger charge is 2.34. The van der Waals surface area contributed by atoms with Crippen LogP contribution in [0, 0.1) is 0 Å². The molecular formula is C14H18Br2N2. The lowest BCUT2D eigenvalue weighted by molar-refractivity contribution is 0.203. The zero-order valence-corrected chi connectivity index (χ0v) is 13.7. The van der Waals surface area contributed by atoms with Crippen molar-refractivity contribution < 1.29 is 0 Å². The number of fused-ring (bicyclic) bond motifs is 1. The number of halogens is 2. The number of benzene rings is 1. The molecule has 2 atom stereocenters. The van der Waals surface area contributed by atoms with E-state index < -0.39 is 0 Å². The van der Waals surface area contributed by atoms with Gasteiger partial charge in [0.1, 0.15) is 0 Å². The first-order valence-corrected chi connectivity index (χ1v) is 8.19. The SMILES string of the molecule is CC1CN2CCCC2CN1c1cc(Br)ccc1Br. The van der Waals surface area contributed by atoms with Crippen molar-refractivity contribution in [1.29, 1.82) is 0 Å². The average Bonchev–Trinajstić information content (AvgIpc) is 2.78. The van der Waals surface area contributed by atoms with Gasteiger partial charge in [0.25, 0.3) is 0 Å². The molecule has 2 heterocycles. The first kappa shape index (κ1) is 12.9. The van der Waals surface area contributed by atoms with Crippen LogP contribution < -0.4 is 4.90 Å². The van der Waals surface area contributed by atoms with E-state index in [2.05, 4.69) is 66.8 Å². The molecular weight excluding hydrogens is 356 g/mol. The molecule has 98 valence electrons. The van der Waals surface area contributed by atoms with Crippen molar-refractivity contribution >= 4 is 37.5 Å². The Kier molecular flexibility index (Phi) is 3.70. The van der Waals surface area contributed by atoms with Gasteiger partial charge in [-0.05, 0) is 60.4 Å². The minimum absolute atomic E-state index is 0.588. The minimum Gasteiger partial charge on any atom is -0.365 e. The lowest BCUT2D eigenvalue weighted by Gasteiger charge is -2.44. The zero-order chi connectivity index (χ0) is 12.7. The van der Waals surface area contributed by atoms with Crippen LogP contribution in [0.2, 0.25) is 0 Å². The molecule has 1 aromatic carbocycles. The summed E-state index contributed by atoms with van der Waals surface area (Å²) in [5, 5.41) is 0. The summed E-state index contributed by atoms with van der Waals surface area (Å²) in [5.41, 5.74) is 1.32. The van der Waals surface area contributed by atoms with E-state index in [4.69, 9.17) is 0 Å². The van der Waals surface area contributed by atoms with E-state index in [0.717, 1.165) is 17.1 Å². The Balaban J connectivity index is 1.88. The maximum Gasteiger partial charge on any atom is 0.0525 e. The zero-order valence-electron chi connectivity index (χ0n) is 10.6. The predicted octanol–water partition coefficient (Wildman–Crippen LogP) is 3.88. The Labute approximate surface area is 126 Å². The number of hydrogen-bond donors (Lipinski definition) is 0. The second kappa shape index (κ2) is 5.14. The Morgan fingerprint density at radius 3 is 2.89 bits per heavy atom. The number of hydrogen-bond acceptors (Lipinski definition) is 2. The highest BCUT2D eigenvalue weighted by Crippen LogP contribution is 2.34. The van der Waals surface area contributed by atoms with Crippen molar-refractivity contribution in [3.8, 4) is 0 Å². The Morgan fingerprint density at radius 2 is 2.06 bits per heavy atom. The predicted molar refractivity (Wildman–Crippen MR) is 83.2 cm³/mol. The van der Waals surface area contributed by atoms with E-state index >= 15 is 0 Å². The van der Waals surface area contributed by atoms with Crippen molar-refractivity contribution in [3.05, 3.63) is 27.1 Å². The number of nitrogens with zero attached hydrogens (tertiary/aromatic N) is 2. The fourth-order valence-corrected chi connectivity index (χ4v) is 4.05. The number of piperazine rings is 1. The smallest absolute Gasteiger partial charge is 0.0525 e. The third kappa shape index (κ3) is 2.35. The molecule has 4 heteroatoms. The molecule has 1 aromatic rings.